The standard InChI is InChI=1S/C33H40N2O3/c1-32-21-19-29(36)35(3)27(32)16-14-24-25-15-17-28(33(25,2)20-18-26(24)32)38-31(37)34-30(22-10-6-4-7-11-22)23-12-8-5-9-13-23/h4-13,19,21,24-28,30H,14-18,20H2,1-3H3,(H,34,37)/t24-,25-,26-,27+,28-,32+,33-/m0/s1. The molecule has 3 aliphatic carbocycles. The van der Waals surface area contributed by atoms with E-state index in [1.54, 1.807) is 6.08 Å². The van der Waals surface area contributed by atoms with Gasteiger partial charge in [0.05, 0.1) is 6.04 Å². The Morgan fingerprint density at radius 1 is 0.921 bits per heavy atom. The summed E-state index contributed by atoms with van der Waals surface area (Å²) in [7, 11) is 1.97. The molecule has 2 aromatic carbocycles. The molecule has 0 aromatic heterocycles. The second-order valence-electron chi connectivity index (χ2n) is 12.5. The number of alkyl carbamates (subject to hydrolysis) is 1. The first-order valence-electron chi connectivity index (χ1n) is 14.3. The molecule has 38 heavy (non-hydrogen) atoms. The number of hydrogen-bond donors (Lipinski definition) is 1. The van der Waals surface area contributed by atoms with Crippen molar-refractivity contribution in [3.8, 4) is 0 Å². The Labute approximate surface area is 226 Å². The Bertz CT molecular complexity index is 1170. The Kier molecular flexibility index (Phi) is 6.36. The van der Waals surface area contributed by atoms with Crippen molar-refractivity contribution in [2.75, 3.05) is 7.05 Å². The molecule has 3 fully saturated rings. The fraction of sp³-hybridized carbons (Fsp3) is 0.515. The number of hydrogen-bond acceptors (Lipinski definition) is 3. The van der Waals surface area contributed by atoms with Gasteiger partial charge in [-0.15, -0.1) is 0 Å². The number of amides is 2. The summed E-state index contributed by atoms with van der Waals surface area (Å²) < 4.78 is 6.28. The van der Waals surface area contributed by atoms with Gasteiger partial charge < -0.3 is 15.0 Å². The minimum absolute atomic E-state index is 0.00318. The number of carbonyl (C=O) groups is 2. The highest BCUT2D eigenvalue weighted by molar-refractivity contribution is 5.89. The van der Waals surface area contributed by atoms with Crippen LogP contribution in [0, 0.1) is 28.6 Å². The minimum atomic E-state index is -0.331. The third-order valence-corrected chi connectivity index (χ3v) is 10.8. The van der Waals surface area contributed by atoms with E-state index in [2.05, 4.69) is 25.2 Å². The van der Waals surface area contributed by atoms with Crippen LogP contribution in [0.2, 0.25) is 0 Å². The molecule has 0 bridgehead atoms. The molecule has 1 heterocycles. The van der Waals surface area contributed by atoms with Gasteiger partial charge in [0.15, 0.2) is 0 Å². The van der Waals surface area contributed by atoms with Crippen LogP contribution in [0.15, 0.2) is 72.8 Å². The van der Waals surface area contributed by atoms with Crippen LogP contribution >= 0.6 is 0 Å². The number of ether oxygens (including phenoxy) is 1. The van der Waals surface area contributed by atoms with Crippen LogP contribution in [0.4, 0.5) is 4.79 Å². The third kappa shape index (κ3) is 4.06. The van der Waals surface area contributed by atoms with Gasteiger partial charge in [-0.2, -0.15) is 0 Å². The van der Waals surface area contributed by atoms with Crippen LogP contribution in [0.5, 0.6) is 0 Å². The van der Waals surface area contributed by atoms with E-state index in [1.165, 1.54) is 0 Å². The Morgan fingerprint density at radius 3 is 2.24 bits per heavy atom. The quantitative estimate of drug-likeness (QED) is 0.508. The molecule has 5 nitrogen and oxygen atoms in total. The van der Waals surface area contributed by atoms with Crippen molar-refractivity contribution in [3.63, 3.8) is 0 Å². The average Bonchev–Trinajstić information content (AvgIpc) is 3.26. The van der Waals surface area contributed by atoms with Crippen LogP contribution in [0.1, 0.15) is 69.5 Å². The molecule has 5 heteroatoms. The number of likely N-dealkylation sites (N-methyl/N-ethyl adjacent to an activating group) is 1. The molecule has 1 N–H and O–H groups in total. The molecule has 4 aliphatic rings. The Hall–Kier alpha value is -3.08. The normalized spacial score (nSPS) is 35.8. The van der Waals surface area contributed by atoms with Crippen LogP contribution in [0.25, 0.3) is 0 Å². The topological polar surface area (TPSA) is 58.6 Å². The molecular weight excluding hydrogens is 472 g/mol. The molecule has 0 unspecified atom stereocenters. The SMILES string of the molecule is CN1C(=O)C=C[C@]2(C)[C@H]3CC[C@]4(C)[C@@H](OC(=O)NC(c5ccccc5)c5ccccc5)CC[C@H]4[C@@H]3CC[C@@H]12. The number of rotatable bonds is 4. The first kappa shape index (κ1) is 25.2. The zero-order chi connectivity index (χ0) is 26.5. The molecule has 2 aromatic rings. The van der Waals surface area contributed by atoms with E-state index in [-0.39, 0.29) is 41.0 Å². The molecule has 0 radical (unpaired) electrons. The van der Waals surface area contributed by atoms with Crippen LogP contribution < -0.4 is 5.32 Å². The predicted octanol–water partition coefficient (Wildman–Crippen LogP) is 6.51. The first-order valence-corrected chi connectivity index (χ1v) is 14.3. The summed E-state index contributed by atoms with van der Waals surface area (Å²) >= 11 is 0. The van der Waals surface area contributed by atoms with Crippen molar-refractivity contribution in [2.24, 2.45) is 28.6 Å². The highest BCUT2D eigenvalue weighted by atomic mass is 16.6. The molecule has 2 amide bonds. The smallest absolute Gasteiger partial charge is 0.408 e. The minimum Gasteiger partial charge on any atom is -0.446 e. The lowest BCUT2D eigenvalue weighted by atomic mass is 9.48. The highest BCUT2D eigenvalue weighted by Crippen LogP contribution is 2.64. The lowest BCUT2D eigenvalue weighted by Crippen LogP contribution is -2.60. The van der Waals surface area contributed by atoms with Gasteiger partial charge in [0.25, 0.3) is 0 Å². The average molecular weight is 513 g/mol. The molecule has 6 rings (SSSR count). The Balaban J connectivity index is 1.18. The summed E-state index contributed by atoms with van der Waals surface area (Å²) in [6.45, 7) is 4.74. The van der Waals surface area contributed by atoms with E-state index in [0.29, 0.717) is 17.8 Å². The zero-order valence-electron chi connectivity index (χ0n) is 22.8. The summed E-state index contributed by atoms with van der Waals surface area (Å²) in [5.41, 5.74) is 2.11. The third-order valence-electron chi connectivity index (χ3n) is 10.8. The summed E-state index contributed by atoms with van der Waals surface area (Å²) in [5.74, 6) is 1.86. The Morgan fingerprint density at radius 2 is 1.58 bits per heavy atom. The fourth-order valence-electron chi connectivity index (χ4n) is 8.82. The van der Waals surface area contributed by atoms with Crippen molar-refractivity contribution >= 4 is 12.0 Å². The lowest BCUT2D eigenvalue weighted by Gasteiger charge is -2.60. The highest BCUT2D eigenvalue weighted by Gasteiger charge is 2.61. The molecule has 200 valence electrons. The molecule has 0 saturated heterocycles. The monoisotopic (exact) mass is 512 g/mol. The number of nitrogens with one attached hydrogen (secondary N) is 1. The van der Waals surface area contributed by atoms with Gasteiger partial charge >= 0.3 is 6.09 Å². The van der Waals surface area contributed by atoms with Gasteiger partial charge in [0.2, 0.25) is 5.91 Å². The summed E-state index contributed by atoms with van der Waals surface area (Å²) in [4.78, 5) is 27.7. The second kappa shape index (κ2) is 9.59. The molecular formula is C33H40N2O3. The van der Waals surface area contributed by atoms with E-state index in [1.807, 2.05) is 72.6 Å². The van der Waals surface area contributed by atoms with Crippen LogP contribution in [-0.2, 0) is 9.53 Å². The van der Waals surface area contributed by atoms with E-state index >= 15 is 0 Å². The molecule has 1 aliphatic heterocycles. The predicted molar refractivity (Wildman–Crippen MR) is 148 cm³/mol. The van der Waals surface area contributed by atoms with Crippen LogP contribution in [0.3, 0.4) is 0 Å². The van der Waals surface area contributed by atoms with E-state index < -0.39 is 0 Å². The number of nitrogens with zero attached hydrogens (tertiary/aromatic N) is 1. The van der Waals surface area contributed by atoms with Crippen molar-refractivity contribution < 1.29 is 14.3 Å². The van der Waals surface area contributed by atoms with E-state index in [9.17, 15) is 9.59 Å². The zero-order valence-corrected chi connectivity index (χ0v) is 22.8. The summed E-state index contributed by atoms with van der Waals surface area (Å²) in [6, 6.07) is 20.2. The maximum absolute atomic E-state index is 13.4. The van der Waals surface area contributed by atoms with Gasteiger partial charge in [0, 0.05) is 23.9 Å². The second-order valence-corrected chi connectivity index (χ2v) is 12.5. The molecule has 0 spiro atoms. The molecule has 3 saturated carbocycles. The van der Waals surface area contributed by atoms with Crippen molar-refractivity contribution in [2.45, 2.75) is 70.6 Å². The van der Waals surface area contributed by atoms with E-state index in [4.69, 9.17) is 4.74 Å². The molecule has 7 atom stereocenters. The van der Waals surface area contributed by atoms with Crippen molar-refractivity contribution in [1.82, 2.24) is 10.2 Å². The van der Waals surface area contributed by atoms with E-state index in [0.717, 1.165) is 49.7 Å². The van der Waals surface area contributed by atoms with Crippen molar-refractivity contribution in [1.29, 1.82) is 0 Å². The fourth-order valence-corrected chi connectivity index (χ4v) is 8.82. The van der Waals surface area contributed by atoms with Gasteiger partial charge in [0.1, 0.15) is 6.10 Å². The van der Waals surface area contributed by atoms with Gasteiger partial charge in [-0.05, 0) is 73.5 Å². The maximum atomic E-state index is 13.4. The van der Waals surface area contributed by atoms with Crippen molar-refractivity contribution in [3.05, 3.63) is 83.9 Å². The summed E-state index contributed by atoms with van der Waals surface area (Å²) in [6.07, 6.45) is 10.0. The number of benzene rings is 2. The maximum Gasteiger partial charge on any atom is 0.408 e. The lowest BCUT2D eigenvalue weighted by molar-refractivity contribution is -0.140. The van der Waals surface area contributed by atoms with Gasteiger partial charge in [-0.1, -0.05) is 80.6 Å². The largest absolute Gasteiger partial charge is 0.446 e. The number of carbonyl (C=O) groups excluding carboxylic acids is 2. The van der Waals surface area contributed by atoms with Crippen LogP contribution in [-0.4, -0.2) is 36.1 Å². The number of fused-ring (bicyclic) bond motifs is 5. The first-order chi connectivity index (χ1) is 18.3. The summed E-state index contributed by atoms with van der Waals surface area (Å²) in [5, 5.41) is 3.19. The van der Waals surface area contributed by atoms with Gasteiger partial charge in [-0.3, -0.25) is 4.79 Å². The van der Waals surface area contributed by atoms with Gasteiger partial charge in [-0.25, -0.2) is 4.79 Å².